The summed E-state index contributed by atoms with van der Waals surface area (Å²) in [5.41, 5.74) is 0. The fourth-order valence-electron chi connectivity index (χ4n) is 1.51. The van der Waals surface area contributed by atoms with Crippen LogP contribution < -0.4 is 4.74 Å². The zero-order chi connectivity index (χ0) is 19.1. The molecule has 7 heteroatoms. The van der Waals surface area contributed by atoms with E-state index >= 15 is 0 Å². The summed E-state index contributed by atoms with van der Waals surface area (Å²) in [6.45, 7) is 7.02. The first-order chi connectivity index (χ1) is 12.0. The van der Waals surface area contributed by atoms with Gasteiger partial charge in [0.2, 0.25) is 0 Å². The third-order valence-electron chi connectivity index (χ3n) is 2.60. The van der Waals surface area contributed by atoms with Crippen molar-refractivity contribution in [3.05, 3.63) is 43.0 Å². The minimum Gasteiger partial charge on any atom is -0.490 e. The molecule has 0 aliphatic carbocycles. The predicted molar refractivity (Wildman–Crippen MR) is 91.2 cm³/mol. The second-order valence-corrected chi connectivity index (χ2v) is 4.46. The topological polar surface area (TPSA) is 99.1 Å². The molecule has 1 rings (SSSR count). The quantitative estimate of drug-likeness (QED) is 0.510. The summed E-state index contributed by atoms with van der Waals surface area (Å²) >= 11 is 0. The molecule has 0 heterocycles. The van der Waals surface area contributed by atoms with Gasteiger partial charge in [-0.1, -0.05) is 38.6 Å². The molecule has 1 unspecified atom stereocenters. The summed E-state index contributed by atoms with van der Waals surface area (Å²) in [6.07, 6.45) is -0.466. The van der Waals surface area contributed by atoms with E-state index in [-0.39, 0.29) is 26.1 Å². The van der Waals surface area contributed by atoms with E-state index < -0.39 is 24.0 Å². The summed E-state index contributed by atoms with van der Waals surface area (Å²) in [4.78, 5) is 33.1. The Labute approximate surface area is 147 Å². The van der Waals surface area contributed by atoms with Gasteiger partial charge in [-0.25, -0.2) is 4.79 Å². The van der Waals surface area contributed by atoms with Crippen molar-refractivity contribution in [1.82, 2.24) is 0 Å². The molecule has 0 spiro atoms. The van der Waals surface area contributed by atoms with Crippen molar-refractivity contribution in [3.8, 4) is 5.75 Å². The van der Waals surface area contributed by atoms with Gasteiger partial charge in [0.15, 0.2) is 6.10 Å². The van der Waals surface area contributed by atoms with Crippen molar-refractivity contribution in [2.24, 2.45) is 0 Å². The van der Waals surface area contributed by atoms with E-state index in [1.165, 1.54) is 0 Å². The number of rotatable bonds is 10. The van der Waals surface area contributed by atoms with E-state index in [0.717, 1.165) is 6.08 Å². The molecule has 0 saturated carbocycles. The Morgan fingerprint density at radius 1 is 1.12 bits per heavy atom. The summed E-state index contributed by atoms with van der Waals surface area (Å²) in [7, 11) is 0. The van der Waals surface area contributed by atoms with Crippen LogP contribution in [0.3, 0.4) is 0 Å². The molecule has 0 aromatic heterocycles. The third kappa shape index (κ3) is 11.4. The molecule has 0 saturated heterocycles. The van der Waals surface area contributed by atoms with Crippen molar-refractivity contribution < 1.29 is 33.7 Å². The molecule has 25 heavy (non-hydrogen) atoms. The van der Waals surface area contributed by atoms with Gasteiger partial charge in [0.25, 0.3) is 0 Å². The van der Waals surface area contributed by atoms with Gasteiger partial charge in [0.1, 0.15) is 19.0 Å². The maximum Gasteiger partial charge on any atom is 0.330 e. The highest BCUT2D eigenvalue weighted by Gasteiger charge is 2.18. The van der Waals surface area contributed by atoms with E-state index in [1.807, 2.05) is 19.9 Å². The second-order valence-electron chi connectivity index (χ2n) is 4.46. The highest BCUT2D eigenvalue weighted by Crippen LogP contribution is 2.10. The number of ether oxygens (including phenoxy) is 3. The monoisotopic (exact) mass is 352 g/mol. The van der Waals surface area contributed by atoms with E-state index in [9.17, 15) is 14.4 Å². The van der Waals surface area contributed by atoms with Gasteiger partial charge >= 0.3 is 17.9 Å². The summed E-state index contributed by atoms with van der Waals surface area (Å²) in [6, 6.07) is 8.82. The van der Waals surface area contributed by atoms with Crippen LogP contribution in [0.15, 0.2) is 43.0 Å². The van der Waals surface area contributed by atoms with Gasteiger partial charge in [0, 0.05) is 6.08 Å². The van der Waals surface area contributed by atoms with Crippen LogP contribution in [0.2, 0.25) is 0 Å². The van der Waals surface area contributed by atoms with Crippen molar-refractivity contribution in [1.29, 1.82) is 0 Å². The van der Waals surface area contributed by atoms with E-state index in [1.54, 1.807) is 24.3 Å². The fraction of sp³-hybridized carbons (Fsp3) is 0.389. The number of aliphatic carboxylic acids is 1. The molecule has 0 amide bonds. The Bertz CT molecular complexity index is 540. The predicted octanol–water partition coefficient (Wildman–Crippen LogP) is 2.60. The second kappa shape index (κ2) is 13.6. The lowest BCUT2D eigenvalue weighted by atomic mass is 10.3. The van der Waals surface area contributed by atoms with Gasteiger partial charge in [0.05, 0.1) is 12.8 Å². The van der Waals surface area contributed by atoms with Crippen molar-refractivity contribution in [2.45, 2.75) is 32.8 Å². The van der Waals surface area contributed by atoms with Gasteiger partial charge in [-0.3, -0.25) is 9.59 Å². The van der Waals surface area contributed by atoms with Crippen LogP contribution >= 0.6 is 0 Å². The smallest absolute Gasteiger partial charge is 0.330 e. The highest BCUT2D eigenvalue weighted by atomic mass is 16.6. The fourth-order valence-corrected chi connectivity index (χ4v) is 1.51. The molecule has 1 aromatic rings. The molecule has 0 fully saturated rings. The van der Waals surface area contributed by atoms with Gasteiger partial charge < -0.3 is 19.3 Å². The maximum absolute atomic E-state index is 11.6. The summed E-state index contributed by atoms with van der Waals surface area (Å²) < 4.78 is 15.4. The lowest BCUT2D eigenvalue weighted by Gasteiger charge is -2.18. The first-order valence-electron chi connectivity index (χ1n) is 7.89. The molecule has 1 atom stereocenters. The van der Waals surface area contributed by atoms with Crippen LogP contribution in [0.4, 0.5) is 0 Å². The summed E-state index contributed by atoms with van der Waals surface area (Å²) in [5, 5.41) is 8.54. The lowest BCUT2D eigenvalue weighted by Crippen LogP contribution is -2.31. The van der Waals surface area contributed by atoms with Crippen LogP contribution in [0.1, 0.15) is 26.7 Å². The number of esters is 2. The van der Waals surface area contributed by atoms with Crippen molar-refractivity contribution >= 4 is 17.9 Å². The number of carboxylic acids is 1. The van der Waals surface area contributed by atoms with Gasteiger partial charge in [-0.05, 0) is 12.1 Å². The standard InChI is InChI=1S/C16H18O7.C2H6/c1-2-15(19)22-11-13(23-16(20)9-8-14(17)18)10-21-12-6-4-3-5-7-12;1-2/h2-7,13H,1,8-11H2,(H,17,18);1-2H3. The first kappa shape index (κ1) is 22.2. The average molecular weight is 352 g/mol. The van der Waals surface area contributed by atoms with Crippen LogP contribution in [0, 0.1) is 0 Å². The van der Waals surface area contributed by atoms with Gasteiger partial charge in [-0.15, -0.1) is 0 Å². The number of carbonyl (C=O) groups is 3. The molecular weight excluding hydrogens is 328 g/mol. The normalized spacial score (nSPS) is 10.5. The molecule has 138 valence electrons. The molecule has 0 bridgehead atoms. The van der Waals surface area contributed by atoms with E-state index in [0.29, 0.717) is 5.75 Å². The average Bonchev–Trinajstić information content (AvgIpc) is 2.64. The SMILES string of the molecule is C=CC(=O)OCC(COc1ccccc1)OC(=O)CCC(=O)O.CC. The lowest BCUT2D eigenvalue weighted by molar-refractivity contribution is -0.159. The number of carboxylic acid groups (broad SMARTS) is 1. The molecule has 0 aliphatic rings. The number of para-hydroxylation sites is 1. The Morgan fingerprint density at radius 2 is 1.76 bits per heavy atom. The van der Waals surface area contributed by atoms with Crippen LogP contribution in [0.5, 0.6) is 5.75 Å². The van der Waals surface area contributed by atoms with Crippen molar-refractivity contribution in [3.63, 3.8) is 0 Å². The molecular formula is C18H24O7. The minimum atomic E-state index is -1.10. The molecule has 1 aromatic carbocycles. The molecule has 0 aliphatic heterocycles. The Morgan fingerprint density at radius 3 is 2.32 bits per heavy atom. The van der Waals surface area contributed by atoms with Crippen molar-refractivity contribution in [2.75, 3.05) is 13.2 Å². The Kier molecular flexibility index (Phi) is 12.1. The maximum atomic E-state index is 11.6. The zero-order valence-corrected chi connectivity index (χ0v) is 14.5. The number of benzene rings is 1. The largest absolute Gasteiger partial charge is 0.490 e. The Hall–Kier alpha value is -2.83. The Balaban J connectivity index is 0.00000277. The third-order valence-corrected chi connectivity index (χ3v) is 2.60. The number of carbonyl (C=O) groups excluding carboxylic acids is 2. The van der Waals surface area contributed by atoms with Crippen LogP contribution in [-0.2, 0) is 23.9 Å². The molecule has 0 radical (unpaired) electrons. The zero-order valence-electron chi connectivity index (χ0n) is 14.5. The number of hydrogen-bond donors (Lipinski definition) is 1. The van der Waals surface area contributed by atoms with Crippen LogP contribution in [0.25, 0.3) is 0 Å². The van der Waals surface area contributed by atoms with E-state index in [4.69, 9.17) is 19.3 Å². The highest BCUT2D eigenvalue weighted by molar-refractivity contribution is 5.81. The molecule has 7 nitrogen and oxygen atoms in total. The first-order valence-corrected chi connectivity index (χ1v) is 7.89. The number of hydrogen-bond acceptors (Lipinski definition) is 6. The minimum absolute atomic E-state index is 0.0345. The van der Waals surface area contributed by atoms with Crippen LogP contribution in [-0.4, -0.2) is 42.3 Å². The van der Waals surface area contributed by atoms with Gasteiger partial charge in [-0.2, -0.15) is 0 Å². The van der Waals surface area contributed by atoms with E-state index in [2.05, 4.69) is 6.58 Å². The molecule has 1 N–H and O–H groups in total. The summed E-state index contributed by atoms with van der Waals surface area (Å²) in [5.74, 6) is -1.90.